The normalized spacial score (nSPS) is 14.1. The fourth-order valence-corrected chi connectivity index (χ4v) is 3.27. The Kier molecular flexibility index (Phi) is 8.25. The predicted octanol–water partition coefficient (Wildman–Crippen LogP) is 2.88. The molecule has 1 aromatic carbocycles. The summed E-state index contributed by atoms with van der Waals surface area (Å²) in [6, 6.07) is 5.65. The number of methoxy groups -OCH3 is 2. The summed E-state index contributed by atoms with van der Waals surface area (Å²) in [4.78, 5) is 23.5. The molecule has 0 aliphatic heterocycles. The first kappa shape index (κ1) is 20.1. The minimum atomic E-state index is -0.285. The smallest absolute Gasteiger partial charge is 0.306 e. The highest BCUT2D eigenvalue weighted by molar-refractivity contribution is 5.80. The maximum atomic E-state index is 11.8. The van der Waals surface area contributed by atoms with Crippen molar-refractivity contribution < 1.29 is 23.8 Å². The van der Waals surface area contributed by atoms with Crippen LogP contribution in [0.3, 0.4) is 0 Å². The molecule has 1 aliphatic rings. The Bertz CT molecular complexity index is 596. The molecule has 1 amide bonds. The van der Waals surface area contributed by atoms with Crippen LogP contribution in [-0.2, 0) is 20.7 Å². The molecule has 0 aromatic heterocycles. The summed E-state index contributed by atoms with van der Waals surface area (Å²) in [6.45, 7) is 0.253. The Labute approximate surface area is 155 Å². The van der Waals surface area contributed by atoms with E-state index in [0.717, 1.165) is 12.0 Å². The van der Waals surface area contributed by atoms with Crippen LogP contribution in [0, 0.1) is 5.92 Å². The second-order valence-electron chi connectivity index (χ2n) is 6.64. The average Bonchev–Trinajstić information content (AvgIpc) is 3.18. The largest absolute Gasteiger partial charge is 0.493 e. The highest BCUT2D eigenvalue weighted by atomic mass is 16.5. The molecular weight excluding hydrogens is 334 g/mol. The van der Waals surface area contributed by atoms with Gasteiger partial charge in [0.05, 0.1) is 14.2 Å². The molecule has 0 spiro atoms. The standard InChI is InChI=1S/C20H29NO5/c1-24-17-9-7-16(13-18(17)25-2)11-12-21-19(22)14-26-20(23)10-8-15-5-3-4-6-15/h7,9,13,15H,3-6,8,10-12,14H2,1-2H3,(H,21,22). The van der Waals surface area contributed by atoms with Crippen molar-refractivity contribution in [2.45, 2.75) is 44.9 Å². The van der Waals surface area contributed by atoms with Gasteiger partial charge in [-0.15, -0.1) is 0 Å². The lowest BCUT2D eigenvalue weighted by atomic mass is 10.0. The first-order valence-corrected chi connectivity index (χ1v) is 9.25. The Balaban J connectivity index is 1.61. The second kappa shape index (κ2) is 10.7. The molecule has 0 radical (unpaired) electrons. The van der Waals surface area contributed by atoms with Crippen LogP contribution in [0.25, 0.3) is 0 Å². The molecule has 144 valence electrons. The Morgan fingerprint density at radius 3 is 2.54 bits per heavy atom. The number of carbonyl (C=O) groups excluding carboxylic acids is 2. The lowest BCUT2D eigenvalue weighted by Crippen LogP contribution is -2.30. The van der Waals surface area contributed by atoms with E-state index in [9.17, 15) is 9.59 Å². The number of amides is 1. The zero-order valence-corrected chi connectivity index (χ0v) is 15.7. The van der Waals surface area contributed by atoms with Gasteiger partial charge in [0.25, 0.3) is 5.91 Å². The van der Waals surface area contributed by atoms with Crippen LogP contribution in [0.4, 0.5) is 0 Å². The summed E-state index contributed by atoms with van der Waals surface area (Å²) in [5.41, 5.74) is 1.02. The molecule has 1 aromatic rings. The second-order valence-corrected chi connectivity index (χ2v) is 6.64. The minimum Gasteiger partial charge on any atom is -0.493 e. The van der Waals surface area contributed by atoms with Gasteiger partial charge in [-0.2, -0.15) is 0 Å². The van der Waals surface area contributed by atoms with E-state index in [4.69, 9.17) is 14.2 Å². The predicted molar refractivity (Wildman–Crippen MR) is 98.4 cm³/mol. The van der Waals surface area contributed by atoms with Gasteiger partial charge in [-0.25, -0.2) is 0 Å². The number of hydrogen-bond donors (Lipinski definition) is 1. The molecule has 1 aliphatic carbocycles. The molecule has 0 heterocycles. The van der Waals surface area contributed by atoms with Gasteiger partial charge in [0, 0.05) is 13.0 Å². The SMILES string of the molecule is COc1ccc(CCNC(=O)COC(=O)CCC2CCCC2)cc1OC. The van der Waals surface area contributed by atoms with E-state index in [0.29, 0.717) is 36.8 Å². The first-order chi connectivity index (χ1) is 12.6. The highest BCUT2D eigenvalue weighted by Gasteiger charge is 2.17. The number of nitrogens with one attached hydrogen (secondary N) is 1. The van der Waals surface area contributed by atoms with E-state index in [1.54, 1.807) is 14.2 Å². The van der Waals surface area contributed by atoms with Gasteiger partial charge in [-0.3, -0.25) is 9.59 Å². The molecular formula is C20H29NO5. The van der Waals surface area contributed by atoms with Crippen molar-refractivity contribution in [1.29, 1.82) is 0 Å². The summed E-state index contributed by atoms with van der Waals surface area (Å²) in [6.07, 6.45) is 6.89. The molecule has 26 heavy (non-hydrogen) atoms. The average molecular weight is 363 g/mol. The van der Waals surface area contributed by atoms with E-state index in [1.807, 2.05) is 18.2 Å². The molecule has 1 fully saturated rings. The third kappa shape index (κ3) is 6.58. The van der Waals surface area contributed by atoms with Crippen LogP contribution in [0.2, 0.25) is 0 Å². The van der Waals surface area contributed by atoms with Crippen molar-refractivity contribution in [3.8, 4) is 11.5 Å². The van der Waals surface area contributed by atoms with Crippen LogP contribution in [-0.4, -0.2) is 39.2 Å². The topological polar surface area (TPSA) is 73.9 Å². The molecule has 6 nitrogen and oxygen atoms in total. The Morgan fingerprint density at radius 2 is 1.85 bits per heavy atom. The van der Waals surface area contributed by atoms with Crippen LogP contribution >= 0.6 is 0 Å². The molecule has 0 unspecified atom stereocenters. The molecule has 1 N–H and O–H groups in total. The van der Waals surface area contributed by atoms with Crippen molar-refractivity contribution in [1.82, 2.24) is 5.32 Å². The molecule has 6 heteroatoms. The summed E-state index contributed by atoms with van der Waals surface area (Å²) in [7, 11) is 3.18. The Morgan fingerprint density at radius 1 is 1.12 bits per heavy atom. The van der Waals surface area contributed by atoms with Crippen LogP contribution in [0.15, 0.2) is 18.2 Å². The van der Waals surface area contributed by atoms with Crippen molar-refractivity contribution in [3.05, 3.63) is 23.8 Å². The Hall–Kier alpha value is -2.24. The van der Waals surface area contributed by atoms with E-state index in [1.165, 1.54) is 25.7 Å². The zero-order chi connectivity index (χ0) is 18.8. The quantitative estimate of drug-likeness (QED) is 0.647. The van der Waals surface area contributed by atoms with E-state index >= 15 is 0 Å². The number of benzene rings is 1. The monoisotopic (exact) mass is 363 g/mol. The fourth-order valence-electron chi connectivity index (χ4n) is 3.27. The number of esters is 1. The lowest BCUT2D eigenvalue weighted by Gasteiger charge is -2.11. The number of ether oxygens (including phenoxy) is 3. The van der Waals surface area contributed by atoms with E-state index < -0.39 is 0 Å². The van der Waals surface area contributed by atoms with Gasteiger partial charge in [-0.1, -0.05) is 31.7 Å². The summed E-state index contributed by atoms with van der Waals surface area (Å²) in [5.74, 6) is 1.42. The molecule has 1 saturated carbocycles. The molecule has 2 rings (SSSR count). The summed E-state index contributed by atoms with van der Waals surface area (Å²) >= 11 is 0. The van der Waals surface area contributed by atoms with Crippen molar-refractivity contribution in [3.63, 3.8) is 0 Å². The van der Waals surface area contributed by atoms with Crippen molar-refractivity contribution in [2.24, 2.45) is 5.92 Å². The molecule has 0 bridgehead atoms. The lowest BCUT2D eigenvalue weighted by molar-refractivity contribution is -0.148. The molecule has 0 atom stereocenters. The molecule has 0 saturated heterocycles. The van der Waals surface area contributed by atoms with E-state index in [-0.39, 0.29) is 18.5 Å². The van der Waals surface area contributed by atoms with Gasteiger partial charge < -0.3 is 19.5 Å². The minimum absolute atomic E-state index is 0.213. The van der Waals surface area contributed by atoms with Crippen LogP contribution in [0.5, 0.6) is 11.5 Å². The van der Waals surface area contributed by atoms with Gasteiger partial charge >= 0.3 is 5.97 Å². The third-order valence-corrected chi connectivity index (χ3v) is 4.78. The van der Waals surface area contributed by atoms with Gasteiger partial charge in [0.1, 0.15) is 0 Å². The maximum Gasteiger partial charge on any atom is 0.306 e. The highest BCUT2D eigenvalue weighted by Crippen LogP contribution is 2.28. The number of rotatable bonds is 10. The van der Waals surface area contributed by atoms with Crippen molar-refractivity contribution in [2.75, 3.05) is 27.4 Å². The van der Waals surface area contributed by atoms with Crippen molar-refractivity contribution >= 4 is 11.9 Å². The summed E-state index contributed by atoms with van der Waals surface area (Å²) in [5, 5.41) is 2.76. The number of hydrogen-bond acceptors (Lipinski definition) is 5. The van der Waals surface area contributed by atoms with E-state index in [2.05, 4.69) is 5.32 Å². The van der Waals surface area contributed by atoms with Gasteiger partial charge in [0.2, 0.25) is 0 Å². The van der Waals surface area contributed by atoms with Gasteiger partial charge in [-0.05, 0) is 36.5 Å². The zero-order valence-electron chi connectivity index (χ0n) is 15.7. The fraction of sp³-hybridized carbons (Fsp3) is 0.600. The van der Waals surface area contributed by atoms with Crippen LogP contribution in [0.1, 0.15) is 44.1 Å². The van der Waals surface area contributed by atoms with Gasteiger partial charge in [0.15, 0.2) is 18.1 Å². The first-order valence-electron chi connectivity index (χ1n) is 9.25. The number of carbonyl (C=O) groups is 2. The maximum absolute atomic E-state index is 11.8. The summed E-state index contributed by atoms with van der Waals surface area (Å²) < 4.78 is 15.5. The van der Waals surface area contributed by atoms with Crippen LogP contribution < -0.4 is 14.8 Å². The third-order valence-electron chi connectivity index (χ3n) is 4.78.